The molecule has 1 heterocycles. The van der Waals surface area contributed by atoms with Crippen molar-refractivity contribution in [1.82, 2.24) is 4.90 Å². The largest absolute Gasteiger partial charge is 0.391 e. The summed E-state index contributed by atoms with van der Waals surface area (Å²) < 4.78 is 0. The van der Waals surface area contributed by atoms with E-state index in [1.54, 1.807) is 0 Å². The summed E-state index contributed by atoms with van der Waals surface area (Å²) in [5.74, 6) is 0.867. The van der Waals surface area contributed by atoms with Crippen molar-refractivity contribution in [3.8, 4) is 0 Å². The van der Waals surface area contributed by atoms with Crippen molar-refractivity contribution >= 4 is 15.9 Å². The van der Waals surface area contributed by atoms with Crippen LogP contribution in [0.3, 0.4) is 0 Å². The molecule has 0 bridgehead atoms. The molecule has 0 aliphatic carbocycles. The van der Waals surface area contributed by atoms with Gasteiger partial charge in [-0.2, -0.15) is 0 Å². The van der Waals surface area contributed by atoms with Crippen molar-refractivity contribution < 1.29 is 5.11 Å². The van der Waals surface area contributed by atoms with Gasteiger partial charge in [0.25, 0.3) is 0 Å². The Morgan fingerprint density at radius 1 is 1.46 bits per heavy atom. The number of halogens is 1. The van der Waals surface area contributed by atoms with Crippen molar-refractivity contribution in [3.05, 3.63) is 0 Å². The van der Waals surface area contributed by atoms with Crippen LogP contribution in [0, 0.1) is 5.92 Å². The minimum Gasteiger partial charge on any atom is -0.391 e. The van der Waals surface area contributed by atoms with Gasteiger partial charge in [-0.1, -0.05) is 22.9 Å². The van der Waals surface area contributed by atoms with Gasteiger partial charge in [0, 0.05) is 11.9 Å². The first-order chi connectivity index (χ1) is 6.22. The first-order valence-corrected chi connectivity index (χ1v) is 6.31. The summed E-state index contributed by atoms with van der Waals surface area (Å²) in [6.07, 6.45) is 3.72. The minimum absolute atomic E-state index is 0.201. The lowest BCUT2D eigenvalue weighted by atomic mass is 10.0. The highest BCUT2D eigenvalue weighted by Gasteiger charge is 2.15. The lowest BCUT2D eigenvalue weighted by Crippen LogP contribution is -2.34. The third-order valence-corrected chi connectivity index (χ3v) is 3.50. The van der Waals surface area contributed by atoms with Gasteiger partial charge in [-0.3, -0.25) is 0 Å². The van der Waals surface area contributed by atoms with E-state index in [1.807, 2.05) is 0 Å². The second-order valence-electron chi connectivity index (χ2n) is 4.14. The van der Waals surface area contributed by atoms with Crippen LogP contribution in [0.4, 0.5) is 0 Å². The summed E-state index contributed by atoms with van der Waals surface area (Å²) in [4.78, 5) is 2.38. The van der Waals surface area contributed by atoms with Crippen LogP contribution in [0.25, 0.3) is 0 Å². The maximum absolute atomic E-state index is 9.48. The Balaban J connectivity index is 2.25. The number of aliphatic hydroxyl groups is 1. The number of nitrogens with zero attached hydrogens (tertiary/aromatic N) is 1. The predicted octanol–water partition coefficient (Wildman–Crippen LogP) is 1.86. The summed E-state index contributed by atoms with van der Waals surface area (Å²) in [6, 6.07) is 0. The summed E-state index contributed by atoms with van der Waals surface area (Å²) in [5.41, 5.74) is 0. The molecule has 1 fully saturated rings. The molecule has 0 saturated carbocycles. The van der Waals surface area contributed by atoms with Gasteiger partial charge in [0.05, 0.1) is 6.10 Å². The van der Waals surface area contributed by atoms with Crippen LogP contribution < -0.4 is 0 Å². The van der Waals surface area contributed by atoms with Gasteiger partial charge in [0.15, 0.2) is 0 Å². The lowest BCUT2D eigenvalue weighted by molar-refractivity contribution is 0.132. The molecule has 1 N–H and O–H groups in total. The summed E-state index contributed by atoms with van der Waals surface area (Å²) in [6.45, 7) is 5.47. The molecule has 0 aromatic heterocycles. The van der Waals surface area contributed by atoms with E-state index >= 15 is 0 Å². The molecular weight excluding hydrogens is 230 g/mol. The highest BCUT2D eigenvalue weighted by molar-refractivity contribution is 9.09. The fraction of sp³-hybridized carbons (Fsp3) is 1.00. The topological polar surface area (TPSA) is 23.5 Å². The van der Waals surface area contributed by atoms with E-state index in [1.165, 1.54) is 19.3 Å². The Morgan fingerprint density at radius 3 is 2.92 bits per heavy atom. The number of alkyl halides is 1. The number of hydrogen-bond acceptors (Lipinski definition) is 2. The first-order valence-electron chi connectivity index (χ1n) is 5.18. The van der Waals surface area contributed by atoms with E-state index in [0.717, 1.165) is 25.6 Å². The van der Waals surface area contributed by atoms with Crippen LogP contribution in [0.5, 0.6) is 0 Å². The Labute approximate surface area is 89.4 Å². The standard InChI is InChI=1S/C10H20BrNO/c1-9-3-2-5-12(6-4-9)8-10(13)7-11/h9-10,13H,2-8H2,1H3. The average molecular weight is 250 g/mol. The zero-order valence-electron chi connectivity index (χ0n) is 8.38. The van der Waals surface area contributed by atoms with Gasteiger partial charge in [0.1, 0.15) is 0 Å². The van der Waals surface area contributed by atoms with Crippen molar-refractivity contribution in [2.24, 2.45) is 5.92 Å². The number of β-amino-alcohol motifs (C(OH)–C–C–N with tert-alkyl or cyclic N) is 1. The van der Waals surface area contributed by atoms with Crippen molar-refractivity contribution in [1.29, 1.82) is 0 Å². The average Bonchev–Trinajstić information content (AvgIpc) is 2.31. The highest BCUT2D eigenvalue weighted by atomic mass is 79.9. The number of rotatable bonds is 3. The summed E-state index contributed by atoms with van der Waals surface area (Å²) >= 11 is 3.30. The molecule has 1 aliphatic rings. The van der Waals surface area contributed by atoms with Gasteiger partial charge < -0.3 is 10.0 Å². The molecule has 1 rings (SSSR count). The second-order valence-corrected chi connectivity index (χ2v) is 4.79. The Bertz CT molecular complexity index is 143. The smallest absolute Gasteiger partial charge is 0.0763 e. The third kappa shape index (κ3) is 4.43. The predicted molar refractivity (Wildman–Crippen MR) is 59.3 cm³/mol. The van der Waals surface area contributed by atoms with Crippen LogP contribution in [0.2, 0.25) is 0 Å². The van der Waals surface area contributed by atoms with E-state index in [2.05, 4.69) is 27.8 Å². The molecule has 1 aliphatic heterocycles. The maximum Gasteiger partial charge on any atom is 0.0763 e. The van der Waals surface area contributed by atoms with E-state index in [-0.39, 0.29) is 6.10 Å². The van der Waals surface area contributed by atoms with Crippen LogP contribution in [0.15, 0.2) is 0 Å². The summed E-state index contributed by atoms with van der Waals surface area (Å²) in [5, 5.41) is 10.2. The van der Waals surface area contributed by atoms with Crippen LogP contribution >= 0.6 is 15.9 Å². The molecule has 2 atom stereocenters. The lowest BCUT2D eigenvalue weighted by Gasteiger charge is -2.22. The molecule has 0 amide bonds. The molecule has 1 saturated heterocycles. The monoisotopic (exact) mass is 249 g/mol. The van der Waals surface area contributed by atoms with E-state index in [0.29, 0.717) is 5.33 Å². The number of hydrogen-bond donors (Lipinski definition) is 1. The van der Waals surface area contributed by atoms with Gasteiger partial charge in [-0.25, -0.2) is 0 Å². The van der Waals surface area contributed by atoms with Crippen LogP contribution in [-0.2, 0) is 0 Å². The molecule has 0 aromatic rings. The molecular formula is C10H20BrNO. The molecule has 2 unspecified atom stereocenters. The van der Waals surface area contributed by atoms with E-state index in [9.17, 15) is 5.11 Å². The number of likely N-dealkylation sites (tertiary alicyclic amines) is 1. The van der Waals surface area contributed by atoms with Crippen LogP contribution in [-0.4, -0.2) is 41.1 Å². The Morgan fingerprint density at radius 2 is 2.23 bits per heavy atom. The van der Waals surface area contributed by atoms with Crippen LogP contribution in [0.1, 0.15) is 26.2 Å². The SMILES string of the molecule is CC1CCCN(CC(O)CBr)CC1. The van der Waals surface area contributed by atoms with Gasteiger partial charge >= 0.3 is 0 Å². The molecule has 0 spiro atoms. The molecule has 3 heteroatoms. The van der Waals surface area contributed by atoms with Crippen molar-refractivity contribution in [2.75, 3.05) is 25.0 Å². The zero-order valence-corrected chi connectivity index (χ0v) is 9.96. The third-order valence-electron chi connectivity index (χ3n) is 2.76. The fourth-order valence-electron chi connectivity index (χ4n) is 1.85. The minimum atomic E-state index is -0.201. The molecule has 0 radical (unpaired) electrons. The Kier molecular flexibility index (Phi) is 5.29. The normalized spacial score (nSPS) is 28.4. The van der Waals surface area contributed by atoms with Gasteiger partial charge in [-0.05, 0) is 38.3 Å². The molecule has 78 valence electrons. The quantitative estimate of drug-likeness (QED) is 0.773. The van der Waals surface area contributed by atoms with Gasteiger partial charge in [-0.15, -0.1) is 0 Å². The maximum atomic E-state index is 9.48. The number of aliphatic hydroxyl groups excluding tert-OH is 1. The van der Waals surface area contributed by atoms with Gasteiger partial charge in [0.2, 0.25) is 0 Å². The van der Waals surface area contributed by atoms with E-state index < -0.39 is 0 Å². The zero-order chi connectivity index (χ0) is 9.68. The highest BCUT2D eigenvalue weighted by Crippen LogP contribution is 2.16. The van der Waals surface area contributed by atoms with E-state index in [4.69, 9.17) is 0 Å². The molecule has 2 nitrogen and oxygen atoms in total. The van der Waals surface area contributed by atoms with Crippen molar-refractivity contribution in [3.63, 3.8) is 0 Å². The first kappa shape index (κ1) is 11.5. The fourth-order valence-corrected chi connectivity index (χ4v) is 2.06. The molecule has 0 aromatic carbocycles. The summed E-state index contributed by atoms with van der Waals surface area (Å²) in [7, 11) is 0. The second kappa shape index (κ2) is 5.99. The van der Waals surface area contributed by atoms with Crippen molar-refractivity contribution in [2.45, 2.75) is 32.3 Å². The molecule has 13 heavy (non-hydrogen) atoms. The Hall–Kier alpha value is 0.400.